The van der Waals surface area contributed by atoms with Crippen molar-refractivity contribution < 1.29 is 14.0 Å². The van der Waals surface area contributed by atoms with Gasteiger partial charge in [0.25, 0.3) is 5.89 Å². The van der Waals surface area contributed by atoms with Crippen LogP contribution in [0.15, 0.2) is 22.7 Å². The number of nitrogens with zero attached hydrogens (tertiary/aromatic N) is 2. The average Bonchev–Trinajstić information content (AvgIpc) is 2.97. The summed E-state index contributed by atoms with van der Waals surface area (Å²) in [6, 6.07) is 5.41. The monoisotopic (exact) mass is 289 g/mol. The first-order valence-corrected chi connectivity index (χ1v) is 7.14. The molecule has 2 aromatic rings. The first-order valence-electron chi connectivity index (χ1n) is 7.14. The number of anilines is 1. The Morgan fingerprint density at radius 2 is 2.29 bits per heavy atom. The predicted molar refractivity (Wildman–Crippen MR) is 78.0 cm³/mol. The molecule has 1 aromatic heterocycles. The molecule has 6 heteroatoms. The number of ether oxygens (including phenoxy) is 2. The van der Waals surface area contributed by atoms with Gasteiger partial charge in [-0.25, -0.2) is 0 Å². The molecule has 2 N–H and O–H groups in total. The van der Waals surface area contributed by atoms with Gasteiger partial charge in [0.2, 0.25) is 0 Å². The lowest BCUT2D eigenvalue weighted by Crippen LogP contribution is -2.21. The van der Waals surface area contributed by atoms with E-state index in [0.717, 1.165) is 25.0 Å². The van der Waals surface area contributed by atoms with E-state index in [0.29, 0.717) is 29.6 Å². The zero-order valence-electron chi connectivity index (χ0n) is 12.0. The fourth-order valence-electron chi connectivity index (χ4n) is 2.49. The third kappa shape index (κ3) is 3.16. The van der Waals surface area contributed by atoms with Crippen LogP contribution in [0.4, 0.5) is 5.69 Å². The largest absolute Gasteiger partial charge is 0.495 e. The average molecular weight is 289 g/mol. The van der Waals surface area contributed by atoms with Crippen molar-refractivity contribution in [1.29, 1.82) is 0 Å². The summed E-state index contributed by atoms with van der Waals surface area (Å²) in [6.07, 6.45) is 4.28. The van der Waals surface area contributed by atoms with E-state index < -0.39 is 0 Å². The molecule has 0 spiro atoms. The van der Waals surface area contributed by atoms with Gasteiger partial charge in [-0.2, -0.15) is 4.98 Å². The van der Waals surface area contributed by atoms with E-state index in [1.54, 1.807) is 19.2 Å². The minimum Gasteiger partial charge on any atom is -0.495 e. The lowest BCUT2D eigenvalue weighted by Gasteiger charge is -2.20. The molecule has 2 heterocycles. The third-order valence-corrected chi connectivity index (χ3v) is 3.63. The molecule has 1 fully saturated rings. The van der Waals surface area contributed by atoms with Crippen LogP contribution in [0, 0.1) is 0 Å². The minimum atomic E-state index is 0.199. The van der Waals surface area contributed by atoms with Gasteiger partial charge < -0.3 is 19.7 Å². The van der Waals surface area contributed by atoms with E-state index in [4.69, 9.17) is 19.7 Å². The van der Waals surface area contributed by atoms with Crippen LogP contribution in [0.5, 0.6) is 5.75 Å². The molecule has 1 aromatic carbocycles. The molecule has 0 radical (unpaired) electrons. The van der Waals surface area contributed by atoms with Crippen LogP contribution >= 0.6 is 0 Å². The molecule has 1 aliphatic rings. The molecule has 112 valence electrons. The van der Waals surface area contributed by atoms with E-state index in [2.05, 4.69) is 10.1 Å². The molecule has 0 bridgehead atoms. The van der Waals surface area contributed by atoms with Crippen LogP contribution in [-0.4, -0.2) is 30.0 Å². The maximum absolute atomic E-state index is 5.89. The van der Waals surface area contributed by atoms with Gasteiger partial charge in [-0.15, -0.1) is 0 Å². The van der Waals surface area contributed by atoms with Crippen molar-refractivity contribution in [1.82, 2.24) is 10.1 Å². The third-order valence-electron chi connectivity index (χ3n) is 3.63. The van der Waals surface area contributed by atoms with Gasteiger partial charge in [-0.3, -0.25) is 0 Å². The van der Waals surface area contributed by atoms with Crippen molar-refractivity contribution in [2.24, 2.45) is 0 Å². The van der Waals surface area contributed by atoms with Crippen molar-refractivity contribution in [2.45, 2.75) is 31.8 Å². The highest BCUT2D eigenvalue weighted by Crippen LogP contribution is 2.27. The van der Waals surface area contributed by atoms with E-state index in [1.165, 1.54) is 6.42 Å². The van der Waals surface area contributed by atoms with Gasteiger partial charge in [-0.1, -0.05) is 5.16 Å². The predicted octanol–water partition coefficient (Wildman–Crippen LogP) is 2.44. The second-order valence-corrected chi connectivity index (χ2v) is 5.17. The fraction of sp³-hybridized carbons (Fsp3) is 0.467. The molecule has 0 aliphatic carbocycles. The van der Waals surface area contributed by atoms with Crippen molar-refractivity contribution in [3.05, 3.63) is 24.0 Å². The summed E-state index contributed by atoms with van der Waals surface area (Å²) in [5.41, 5.74) is 7.23. The van der Waals surface area contributed by atoms with E-state index >= 15 is 0 Å². The molecule has 1 unspecified atom stereocenters. The van der Waals surface area contributed by atoms with E-state index in [1.807, 2.05) is 6.07 Å². The number of hydrogen-bond donors (Lipinski definition) is 1. The quantitative estimate of drug-likeness (QED) is 0.870. The molecule has 3 rings (SSSR count). The summed E-state index contributed by atoms with van der Waals surface area (Å²) >= 11 is 0. The fourth-order valence-corrected chi connectivity index (χ4v) is 2.49. The van der Waals surface area contributed by atoms with E-state index in [9.17, 15) is 0 Å². The van der Waals surface area contributed by atoms with Gasteiger partial charge in [0.15, 0.2) is 5.82 Å². The van der Waals surface area contributed by atoms with Crippen molar-refractivity contribution >= 4 is 5.69 Å². The minimum absolute atomic E-state index is 0.199. The van der Waals surface area contributed by atoms with Crippen LogP contribution in [0.1, 0.15) is 25.1 Å². The smallest absolute Gasteiger partial charge is 0.258 e. The Labute approximate surface area is 123 Å². The highest BCUT2D eigenvalue weighted by atomic mass is 16.5. The van der Waals surface area contributed by atoms with Crippen LogP contribution in [0.3, 0.4) is 0 Å². The number of methoxy groups -OCH3 is 1. The number of hydrogen-bond acceptors (Lipinski definition) is 6. The summed E-state index contributed by atoms with van der Waals surface area (Å²) in [4.78, 5) is 4.42. The Kier molecular flexibility index (Phi) is 4.06. The van der Waals surface area contributed by atoms with Crippen molar-refractivity contribution in [3.63, 3.8) is 0 Å². The number of benzene rings is 1. The molecule has 21 heavy (non-hydrogen) atoms. The molecular weight excluding hydrogens is 270 g/mol. The molecular formula is C15H19N3O3. The van der Waals surface area contributed by atoms with Gasteiger partial charge in [0.05, 0.1) is 18.9 Å². The summed E-state index contributed by atoms with van der Waals surface area (Å²) < 4.78 is 16.1. The topological polar surface area (TPSA) is 83.4 Å². The number of rotatable bonds is 4. The second kappa shape index (κ2) is 6.13. The highest BCUT2D eigenvalue weighted by molar-refractivity contribution is 5.65. The van der Waals surface area contributed by atoms with Gasteiger partial charge >= 0.3 is 0 Å². The Morgan fingerprint density at radius 1 is 1.38 bits per heavy atom. The van der Waals surface area contributed by atoms with Crippen LogP contribution in [0.2, 0.25) is 0 Å². The zero-order chi connectivity index (χ0) is 14.7. The molecule has 1 saturated heterocycles. The van der Waals surface area contributed by atoms with Gasteiger partial charge in [-0.05, 0) is 37.5 Å². The highest BCUT2D eigenvalue weighted by Gasteiger charge is 2.18. The Bertz CT molecular complexity index is 606. The Hall–Kier alpha value is -2.08. The maximum atomic E-state index is 5.89. The molecule has 0 saturated carbocycles. The standard InChI is InChI=1S/C15H19N3O3/c1-19-13-6-5-10(8-12(13)16)15-17-14(18-21-15)9-11-4-2-3-7-20-11/h5-6,8,11H,2-4,7,9,16H2,1H3. The zero-order valence-corrected chi connectivity index (χ0v) is 12.0. The number of nitrogens with two attached hydrogens (primary N) is 1. The molecule has 6 nitrogen and oxygen atoms in total. The first kappa shape index (κ1) is 13.9. The summed E-state index contributed by atoms with van der Waals surface area (Å²) in [7, 11) is 1.58. The van der Waals surface area contributed by atoms with Gasteiger partial charge in [0.1, 0.15) is 5.75 Å². The summed E-state index contributed by atoms with van der Waals surface area (Å²) in [5.74, 6) is 1.77. The SMILES string of the molecule is COc1ccc(-c2nc(CC3CCCCO3)no2)cc1N. The van der Waals surface area contributed by atoms with Crippen LogP contribution in [0.25, 0.3) is 11.5 Å². The van der Waals surface area contributed by atoms with Crippen LogP contribution in [-0.2, 0) is 11.2 Å². The second-order valence-electron chi connectivity index (χ2n) is 5.17. The summed E-state index contributed by atoms with van der Waals surface area (Å²) in [5, 5.41) is 4.02. The molecule has 1 aliphatic heterocycles. The number of aromatic nitrogens is 2. The lowest BCUT2D eigenvalue weighted by molar-refractivity contribution is 0.0153. The van der Waals surface area contributed by atoms with Gasteiger partial charge in [0, 0.05) is 18.6 Å². The molecule has 0 amide bonds. The van der Waals surface area contributed by atoms with Crippen LogP contribution < -0.4 is 10.5 Å². The normalized spacial score (nSPS) is 18.6. The Balaban J connectivity index is 1.73. The van der Waals surface area contributed by atoms with E-state index in [-0.39, 0.29) is 6.10 Å². The van der Waals surface area contributed by atoms with Crippen molar-refractivity contribution in [2.75, 3.05) is 19.5 Å². The first-order chi connectivity index (χ1) is 10.3. The maximum Gasteiger partial charge on any atom is 0.258 e. The number of nitrogen functional groups attached to an aromatic ring is 1. The Morgan fingerprint density at radius 3 is 3.00 bits per heavy atom. The lowest BCUT2D eigenvalue weighted by atomic mass is 10.1. The summed E-state index contributed by atoms with van der Waals surface area (Å²) in [6.45, 7) is 0.824. The molecule has 1 atom stereocenters. The van der Waals surface area contributed by atoms with Crippen molar-refractivity contribution in [3.8, 4) is 17.2 Å².